The summed E-state index contributed by atoms with van der Waals surface area (Å²) in [5.41, 5.74) is 4.09. The molecule has 0 saturated carbocycles. The number of aryl methyl sites for hydroxylation is 2. The lowest BCUT2D eigenvalue weighted by molar-refractivity contribution is 0.262. The van der Waals surface area contributed by atoms with Gasteiger partial charge in [0.2, 0.25) is 5.88 Å². The summed E-state index contributed by atoms with van der Waals surface area (Å²) in [6, 6.07) is 13.6. The van der Waals surface area contributed by atoms with E-state index in [1.165, 1.54) is 6.33 Å². The maximum atomic E-state index is 12.1. The van der Waals surface area contributed by atoms with Crippen LogP contribution >= 0.6 is 11.6 Å². The Hall–Kier alpha value is -3.58. The molecule has 2 aromatic heterocycles. The van der Waals surface area contributed by atoms with Gasteiger partial charge in [0, 0.05) is 22.1 Å². The number of halogens is 1. The van der Waals surface area contributed by atoms with Crippen molar-refractivity contribution in [2.24, 2.45) is 0 Å². The Balaban J connectivity index is 1.44. The number of carbonyl (C=O) groups is 1. The van der Waals surface area contributed by atoms with Gasteiger partial charge >= 0.3 is 6.03 Å². The van der Waals surface area contributed by atoms with E-state index in [1.54, 1.807) is 48.5 Å². The first-order chi connectivity index (χ1) is 14.0. The van der Waals surface area contributed by atoms with Gasteiger partial charge in [-0.25, -0.2) is 14.8 Å². The summed E-state index contributed by atoms with van der Waals surface area (Å²) in [5, 5.41) is 6.97. The van der Waals surface area contributed by atoms with Gasteiger partial charge in [-0.2, -0.15) is 0 Å². The monoisotopic (exact) mass is 407 g/mol. The van der Waals surface area contributed by atoms with Gasteiger partial charge in [0.25, 0.3) is 0 Å². The molecule has 0 saturated heterocycles. The van der Waals surface area contributed by atoms with Gasteiger partial charge in [0.15, 0.2) is 0 Å². The molecule has 2 aromatic carbocycles. The van der Waals surface area contributed by atoms with Crippen LogP contribution in [-0.4, -0.2) is 21.0 Å². The van der Waals surface area contributed by atoms with Crippen molar-refractivity contribution < 1.29 is 9.53 Å². The van der Waals surface area contributed by atoms with E-state index in [2.05, 4.69) is 25.6 Å². The number of rotatable bonds is 4. The molecular formula is C21H18ClN5O2. The predicted octanol–water partition coefficient (Wildman–Crippen LogP) is 5.66. The molecule has 2 heterocycles. The number of ether oxygens (including phenoxy) is 1. The highest BCUT2D eigenvalue weighted by Crippen LogP contribution is 2.31. The van der Waals surface area contributed by atoms with Crippen LogP contribution in [0.1, 0.15) is 11.3 Å². The molecule has 0 fully saturated rings. The van der Waals surface area contributed by atoms with Gasteiger partial charge in [-0.3, -0.25) is 0 Å². The quantitative estimate of drug-likeness (QED) is 0.406. The van der Waals surface area contributed by atoms with E-state index in [0.717, 1.165) is 22.3 Å². The Labute approximate surface area is 172 Å². The molecule has 0 aliphatic heterocycles. The van der Waals surface area contributed by atoms with E-state index < -0.39 is 0 Å². The minimum absolute atomic E-state index is 0.350. The normalized spacial score (nSPS) is 10.7. The maximum Gasteiger partial charge on any atom is 0.323 e. The summed E-state index contributed by atoms with van der Waals surface area (Å²) in [6.45, 7) is 3.98. The number of aromatic amines is 1. The zero-order valence-electron chi connectivity index (χ0n) is 15.8. The summed E-state index contributed by atoms with van der Waals surface area (Å²) in [5.74, 6) is 1.09. The van der Waals surface area contributed by atoms with Crippen LogP contribution in [0.2, 0.25) is 5.02 Å². The molecule has 8 heteroatoms. The first kappa shape index (κ1) is 18.8. The van der Waals surface area contributed by atoms with Crippen molar-refractivity contribution in [3.05, 3.63) is 71.1 Å². The number of hydrogen-bond acceptors (Lipinski definition) is 4. The molecule has 4 rings (SSSR count). The molecule has 0 spiro atoms. The number of fused-ring (bicyclic) bond motifs is 1. The molecule has 0 aliphatic rings. The lowest BCUT2D eigenvalue weighted by Gasteiger charge is -2.09. The molecule has 2 amide bonds. The van der Waals surface area contributed by atoms with Crippen LogP contribution in [0.15, 0.2) is 54.9 Å². The van der Waals surface area contributed by atoms with Crippen LogP contribution in [0.3, 0.4) is 0 Å². The summed E-state index contributed by atoms with van der Waals surface area (Å²) >= 11 is 5.84. The Morgan fingerprint density at radius 3 is 2.24 bits per heavy atom. The predicted molar refractivity (Wildman–Crippen MR) is 114 cm³/mol. The van der Waals surface area contributed by atoms with Crippen LogP contribution < -0.4 is 15.4 Å². The molecule has 4 aromatic rings. The second-order valence-corrected chi connectivity index (χ2v) is 6.93. The zero-order valence-corrected chi connectivity index (χ0v) is 16.5. The largest absolute Gasteiger partial charge is 0.438 e. The zero-order chi connectivity index (χ0) is 20.4. The highest BCUT2D eigenvalue weighted by atomic mass is 35.5. The van der Waals surface area contributed by atoms with Gasteiger partial charge in [0.1, 0.15) is 17.7 Å². The standard InChI is InChI=1S/C21H18ClN5O2/c1-12-13(2)25-19-18(12)20(24-11-23-19)29-17-9-7-16(8-10-17)27-21(28)26-15-5-3-14(22)4-6-15/h3-11H,1-2H3,(H,23,24,25)(H2,26,27,28). The van der Waals surface area contributed by atoms with Crippen LogP contribution in [-0.2, 0) is 0 Å². The fraction of sp³-hybridized carbons (Fsp3) is 0.0952. The Bertz CT molecular complexity index is 1170. The number of aromatic nitrogens is 3. The van der Waals surface area contributed by atoms with Crippen molar-refractivity contribution in [3.8, 4) is 11.6 Å². The lowest BCUT2D eigenvalue weighted by Crippen LogP contribution is -2.19. The summed E-state index contributed by atoms with van der Waals surface area (Å²) in [7, 11) is 0. The van der Waals surface area contributed by atoms with Gasteiger partial charge < -0.3 is 20.4 Å². The van der Waals surface area contributed by atoms with E-state index >= 15 is 0 Å². The molecule has 0 bridgehead atoms. The average Bonchev–Trinajstić information content (AvgIpc) is 3.00. The number of urea groups is 1. The van der Waals surface area contributed by atoms with Crippen molar-refractivity contribution in [1.29, 1.82) is 0 Å². The van der Waals surface area contributed by atoms with Gasteiger partial charge in [0.05, 0.1) is 5.39 Å². The number of benzene rings is 2. The van der Waals surface area contributed by atoms with Crippen molar-refractivity contribution >= 4 is 40.0 Å². The third-order valence-corrected chi connectivity index (χ3v) is 4.74. The topological polar surface area (TPSA) is 91.9 Å². The molecule has 0 atom stereocenters. The number of H-pyrrole nitrogens is 1. The van der Waals surface area contributed by atoms with Crippen molar-refractivity contribution in [2.75, 3.05) is 10.6 Å². The molecule has 3 N–H and O–H groups in total. The van der Waals surface area contributed by atoms with Crippen LogP contribution in [0.5, 0.6) is 11.6 Å². The maximum absolute atomic E-state index is 12.1. The van der Waals surface area contributed by atoms with Crippen LogP contribution in [0.25, 0.3) is 11.0 Å². The molecule has 0 aliphatic carbocycles. The first-order valence-electron chi connectivity index (χ1n) is 8.91. The van der Waals surface area contributed by atoms with Crippen molar-refractivity contribution in [1.82, 2.24) is 15.0 Å². The average molecular weight is 408 g/mol. The van der Waals surface area contributed by atoms with Gasteiger partial charge in [-0.05, 0) is 67.9 Å². The molecule has 0 radical (unpaired) electrons. The molecule has 0 unspecified atom stereocenters. The Morgan fingerprint density at radius 2 is 1.59 bits per heavy atom. The highest BCUT2D eigenvalue weighted by molar-refractivity contribution is 6.30. The van der Waals surface area contributed by atoms with Crippen LogP contribution in [0, 0.1) is 13.8 Å². The number of carbonyl (C=O) groups excluding carboxylic acids is 1. The van der Waals surface area contributed by atoms with Crippen molar-refractivity contribution in [2.45, 2.75) is 13.8 Å². The van der Waals surface area contributed by atoms with Gasteiger partial charge in [-0.1, -0.05) is 11.6 Å². The first-order valence-corrected chi connectivity index (χ1v) is 9.29. The third-order valence-electron chi connectivity index (χ3n) is 4.48. The number of hydrogen-bond donors (Lipinski definition) is 3. The molecular weight excluding hydrogens is 390 g/mol. The second kappa shape index (κ2) is 7.81. The van der Waals surface area contributed by atoms with E-state index in [-0.39, 0.29) is 6.03 Å². The minimum Gasteiger partial charge on any atom is -0.438 e. The van der Waals surface area contributed by atoms with Crippen molar-refractivity contribution in [3.63, 3.8) is 0 Å². The highest BCUT2D eigenvalue weighted by Gasteiger charge is 2.13. The smallest absolute Gasteiger partial charge is 0.323 e. The molecule has 29 heavy (non-hydrogen) atoms. The molecule has 7 nitrogen and oxygen atoms in total. The van der Waals surface area contributed by atoms with Crippen LogP contribution in [0.4, 0.5) is 16.2 Å². The number of nitrogens with zero attached hydrogens (tertiary/aromatic N) is 2. The van der Waals surface area contributed by atoms with E-state index in [0.29, 0.717) is 28.0 Å². The number of nitrogens with one attached hydrogen (secondary N) is 3. The number of amides is 2. The third kappa shape index (κ3) is 4.14. The minimum atomic E-state index is -0.350. The van der Waals surface area contributed by atoms with E-state index in [1.807, 2.05) is 13.8 Å². The summed E-state index contributed by atoms with van der Waals surface area (Å²) in [4.78, 5) is 23.8. The van der Waals surface area contributed by atoms with E-state index in [4.69, 9.17) is 16.3 Å². The fourth-order valence-electron chi connectivity index (χ4n) is 2.88. The van der Waals surface area contributed by atoms with Gasteiger partial charge in [-0.15, -0.1) is 0 Å². The fourth-order valence-corrected chi connectivity index (χ4v) is 3.01. The van der Waals surface area contributed by atoms with E-state index in [9.17, 15) is 4.79 Å². The molecule has 146 valence electrons. The SMILES string of the molecule is Cc1[nH]c2ncnc(Oc3ccc(NC(=O)Nc4ccc(Cl)cc4)cc3)c2c1C. The summed E-state index contributed by atoms with van der Waals surface area (Å²) < 4.78 is 5.94. The second-order valence-electron chi connectivity index (χ2n) is 6.49. The lowest BCUT2D eigenvalue weighted by atomic mass is 10.2. The summed E-state index contributed by atoms with van der Waals surface area (Å²) in [6.07, 6.45) is 1.46. The Kier molecular flexibility index (Phi) is 5.05. The Morgan fingerprint density at radius 1 is 0.966 bits per heavy atom. The number of anilines is 2.